The highest BCUT2D eigenvalue weighted by Crippen LogP contribution is 2.36. The molecule has 4 amide bonds. The molecule has 0 bridgehead atoms. The van der Waals surface area contributed by atoms with Crippen molar-refractivity contribution in [2.75, 3.05) is 11.5 Å². The van der Waals surface area contributed by atoms with Gasteiger partial charge >= 0.3 is 6.03 Å². The van der Waals surface area contributed by atoms with E-state index in [4.69, 9.17) is 9.47 Å². The summed E-state index contributed by atoms with van der Waals surface area (Å²) in [5.74, 6) is -0.407. The first-order chi connectivity index (χ1) is 17.3. The quantitative estimate of drug-likeness (QED) is 0.191. The fraction of sp³-hybridized carbons (Fsp3) is 0.148. The highest BCUT2D eigenvalue weighted by molar-refractivity contribution is 14.1. The lowest BCUT2D eigenvalue weighted by Crippen LogP contribution is -2.54. The van der Waals surface area contributed by atoms with Gasteiger partial charge in [-0.25, -0.2) is 9.69 Å². The van der Waals surface area contributed by atoms with Gasteiger partial charge in [0.1, 0.15) is 12.2 Å². The van der Waals surface area contributed by atoms with Crippen LogP contribution in [0.25, 0.3) is 6.08 Å². The minimum atomic E-state index is -0.786. The molecule has 1 fully saturated rings. The highest BCUT2D eigenvalue weighted by atomic mass is 127. The summed E-state index contributed by atoms with van der Waals surface area (Å²) in [6.07, 6.45) is 1.45. The molecule has 3 aromatic rings. The minimum absolute atomic E-state index is 0.157. The lowest BCUT2D eigenvalue weighted by atomic mass is 10.1. The van der Waals surface area contributed by atoms with Gasteiger partial charge in [-0.05, 0) is 78.4 Å². The molecule has 0 unspecified atom stereocenters. The number of ether oxygens (including phenoxy) is 2. The van der Waals surface area contributed by atoms with E-state index >= 15 is 0 Å². The largest absolute Gasteiger partial charge is 0.490 e. The number of barbiturate groups is 1. The second-order valence-electron chi connectivity index (χ2n) is 7.94. The molecule has 4 rings (SSSR count). The minimum Gasteiger partial charge on any atom is -0.490 e. The van der Waals surface area contributed by atoms with E-state index in [1.807, 2.05) is 38.1 Å². The SMILES string of the molecule is CCOc1cc(/C=C2\C(=O)NC(=O)N(c3ccc(C)cc3)C2=O)cc(I)c1OCc1ccccc1Br. The van der Waals surface area contributed by atoms with Crippen LogP contribution >= 0.6 is 38.5 Å². The predicted molar refractivity (Wildman–Crippen MR) is 149 cm³/mol. The smallest absolute Gasteiger partial charge is 0.335 e. The maximum absolute atomic E-state index is 13.2. The molecule has 1 aliphatic heterocycles. The number of benzene rings is 3. The molecule has 0 aliphatic carbocycles. The molecule has 0 aromatic heterocycles. The number of anilines is 1. The zero-order valence-corrected chi connectivity index (χ0v) is 23.3. The van der Waals surface area contributed by atoms with E-state index in [1.165, 1.54) is 6.08 Å². The molecule has 1 heterocycles. The summed E-state index contributed by atoms with van der Waals surface area (Å²) >= 11 is 5.66. The molecule has 0 spiro atoms. The number of rotatable bonds is 7. The number of carbonyl (C=O) groups is 3. The molecule has 0 saturated carbocycles. The number of imide groups is 2. The number of urea groups is 1. The Hall–Kier alpha value is -3.18. The maximum Gasteiger partial charge on any atom is 0.335 e. The Kier molecular flexibility index (Phi) is 8.10. The van der Waals surface area contributed by atoms with E-state index in [2.05, 4.69) is 43.8 Å². The van der Waals surface area contributed by atoms with Gasteiger partial charge in [0, 0.05) is 10.0 Å². The monoisotopic (exact) mass is 660 g/mol. The molecule has 0 radical (unpaired) electrons. The van der Waals surface area contributed by atoms with Crippen LogP contribution in [0.15, 0.2) is 70.7 Å². The van der Waals surface area contributed by atoms with Crippen LogP contribution in [0.3, 0.4) is 0 Å². The van der Waals surface area contributed by atoms with E-state index in [9.17, 15) is 14.4 Å². The van der Waals surface area contributed by atoms with Crippen molar-refractivity contribution < 1.29 is 23.9 Å². The van der Waals surface area contributed by atoms with Crippen LogP contribution < -0.4 is 19.7 Å². The standard InChI is InChI=1S/C27H22BrIN2O5/c1-3-35-23-14-17(13-22(29)24(23)36-15-18-6-4-5-7-21(18)28)12-20-25(32)30-27(34)31(26(20)33)19-10-8-16(2)9-11-19/h4-14H,3,15H2,1-2H3,(H,30,32,34)/b20-12+. The number of nitrogens with zero attached hydrogens (tertiary/aromatic N) is 1. The number of hydrogen-bond donors (Lipinski definition) is 1. The third-order valence-corrected chi connectivity index (χ3v) is 6.94. The number of halogens is 2. The predicted octanol–water partition coefficient (Wildman–Crippen LogP) is 6.01. The van der Waals surface area contributed by atoms with Gasteiger partial charge in [0.2, 0.25) is 0 Å². The number of nitrogens with one attached hydrogen (secondary N) is 1. The normalized spacial score (nSPS) is 14.7. The molecule has 36 heavy (non-hydrogen) atoms. The molecule has 3 aromatic carbocycles. The third-order valence-electron chi connectivity index (χ3n) is 5.37. The number of aryl methyl sites for hydroxylation is 1. The van der Waals surface area contributed by atoms with E-state index in [-0.39, 0.29) is 5.57 Å². The van der Waals surface area contributed by atoms with Gasteiger partial charge in [-0.3, -0.25) is 14.9 Å². The topological polar surface area (TPSA) is 84.9 Å². The first-order valence-corrected chi connectivity index (χ1v) is 13.0. The van der Waals surface area contributed by atoms with Crippen molar-refractivity contribution in [2.45, 2.75) is 20.5 Å². The zero-order chi connectivity index (χ0) is 25.8. The van der Waals surface area contributed by atoms with Gasteiger partial charge in [-0.1, -0.05) is 51.8 Å². The second-order valence-corrected chi connectivity index (χ2v) is 9.95. The highest BCUT2D eigenvalue weighted by Gasteiger charge is 2.36. The van der Waals surface area contributed by atoms with Crippen molar-refractivity contribution in [3.8, 4) is 11.5 Å². The molecule has 1 saturated heterocycles. The van der Waals surface area contributed by atoms with E-state index < -0.39 is 17.8 Å². The fourth-order valence-corrected chi connectivity index (χ4v) is 4.77. The summed E-state index contributed by atoms with van der Waals surface area (Å²) in [6, 6.07) is 17.4. The Bertz CT molecular complexity index is 1370. The molecule has 184 valence electrons. The summed E-state index contributed by atoms with van der Waals surface area (Å²) in [5, 5.41) is 2.25. The van der Waals surface area contributed by atoms with Gasteiger partial charge < -0.3 is 9.47 Å². The molecular weight excluding hydrogens is 639 g/mol. The molecule has 7 nitrogen and oxygen atoms in total. The second kappa shape index (κ2) is 11.3. The van der Waals surface area contributed by atoms with Crippen molar-refractivity contribution in [1.82, 2.24) is 5.32 Å². The van der Waals surface area contributed by atoms with Crippen LogP contribution in [0.5, 0.6) is 11.5 Å². The Morgan fingerprint density at radius 2 is 1.75 bits per heavy atom. The zero-order valence-electron chi connectivity index (χ0n) is 19.5. The lowest BCUT2D eigenvalue weighted by molar-refractivity contribution is -0.122. The van der Waals surface area contributed by atoms with Gasteiger partial charge in [-0.2, -0.15) is 0 Å². The molecule has 1 aliphatic rings. The van der Waals surface area contributed by atoms with Gasteiger partial charge in [-0.15, -0.1) is 0 Å². The van der Waals surface area contributed by atoms with Crippen molar-refractivity contribution in [2.24, 2.45) is 0 Å². The summed E-state index contributed by atoms with van der Waals surface area (Å²) in [6.45, 7) is 4.49. The Morgan fingerprint density at radius 3 is 2.44 bits per heavy atom. The molecule has 0 atom stereocenters. The van der Waals surface area contributed by atoms with Crippen LogP contribution in [0.2, 0.25) is 0 Å². The fourth-order valence-electron chi connectivity index (χ4n) is 3.59. The first-order valence-electron chi connectivity index (χ1n) is 11.1. The summed E-state index contributed by atoms with van der Waals surface area (Å²) in [4.78, 5) is 39.2. The Labute approximate surface area is 230 Å². The molecule has 9 heteroatoms. The summed E-state index contributed by atoms with van der Waals surface area (Å²) < 4.78 is 13.6. The van der Waals surface area contributed by atoms with Gasteiger partial charge in [0.25, 0.3) is 11.8 Å². The maximum atomic E-state index is 13.2. The average Bonchev–Trinajstić information content (AvgIpc) is 2.83. The van der Waals surface area contributed by atoms with Crippen LogP contribution in [0.4, 0.5) is 10.5 Å². The lowest BCUT2D eigenvalue weighted by Gasteiger charge is -2.26. The third kappa shape index (κ3) is 5.62. The van der Waals surface area contributed by atoms with Crippen molar-refractivity contribution in [3.05, 3.63) is 91.0 Å². The Balaban J connectivity index is 1.66. The Morgan fingerprint density at radius 1 is 1.03 bits per heavy atom. The van der Waals surface area contributed by atoms with Crippen LogP contribution in [0.1, 0.15) is 23.6 Å². The molecule has 1 N–H and O–H groups in total. The molecular formula is C27H22BrIN2O5. The van der Waals surface area contributed by atoms with Crippen molar-refractivity contribution in [1.29, 1.82) is 0 Å². The number of amides is 4. The van der Waals surface area contributed by atoms with Crippen LogP contribution in [-0.4, -0.2) is 24.5 Å². The van der Waals surface area contributed by atoms with Gasteiger partial charge in [0.05, 0.1) is 15.9 Å². The van der Waals surface area contributed by atoms with E-state index in [0.717, 1.165) is 24.1 Å². The first kappa shape index (κ1) is 25.9. The van der Waals surface area contributed by atoms with Crippen molar-refractivity contribution >= 4 is 68.1 Å². The average molecular weight is 661 g/mol. The van der Waals surface area contributed by atoms with E-state index in [0.29, 0.717) is 36.0 Å². The summed E-state index contributed by atoms with van der Waals surface area (Å²) in [5.41, 5.74) is 2.74. The summed E-state index contributed by atoms with van der Waals surface area (Å²) in [7, 11) is 0. The van der Waals surface area contributed by atoms with Crippen LogP contribution in [0, 0.1) is 10.5 Å². The van der Waals surface area contributed by atoms with Crippen LogP contribution in [-0.2, 0) is 16.2 Å². The number of carbonyl (C=O) groups excluding carboxylic acids is 3. The van der Waals surface area contributed by atoms with Crippen molar-refractivity contribution in [3.63, 3.8) is 0 Å². The van der Waals surface area contributed by atoms with Gasteiger partial charge in [0.15, 0.2) is 11.5 Å². The number of hydrogen-bond acceptors (Lipinski definition) is 5. The van der Waals surface area contributed by atoms with E-state index in [1.54, 1.807) is 36.4 Å².